The molecular weight excluding hydrogens is 1630 g/mol. The SMILES string of the molecule is CC[C@@]1(O)C(=O)OCc2c1cc1n(c2=O)Cc2c-1nc1cc(F)c(C)c3c1c2[C@@H](N)CC3.CC[C@@]1(O)C(=O)OCc2c1cc1n(c2=O)Cc2c-1nc1ccccc1c2/C=N/OC(C)(C)C.CC[C@@]1(O)C(=O)OCc2c1cc1n(c2=O)Cc2c-1nc1ccccc1c2CC[Si](C)(C)C.CCc1c2c(nc3ccc(O)cc13)-c1cc3c(c(=O)n1C2)COC(=O)[C@]3(O)CC. The smallest absolute Gasteiger partial charge is 0.343 e. The molecule has 30 heteroatoms. The fourth-order valence-corrected chi connectivity index (χ4v) is 20.5. The molecule has 21 rings (SSSR count). The molecule has 0 unspecified atom stereocenters. The normalized spacial score (nSPS) is 20.4. The van der Waals surface area contributed by atoms with E-state index in [2.05, 4.69) is 30.9 Å². The molecular formula is C96H95FN10O18Si. The van der Waals surface area contributed by atoms with E-state index < -0.39 is 60.0 Å². The summed E-state index contributed by atoms with van der Waals surface area (Å²) in [5, 5.41) is 62.0. The number of carbonyl (C=O) groups excluding carboxylic acids is 4. The van der Waals surface area contributed by atoms with Crippen molar-refractivity contribution in [2.45, 2.75) is 226 Å². The van der Waals surface area contributed by atoms with Crippen molar-refractivity contribution in [3.63, 3.8) is 0 Å². The molecule has 0 saturated carbocycles. The van der Waals surface area contributed by atoms with Crippen LogP contribution in [0.25, 0.3) is 89.2 Å². The Hall–Kier alpha value is -12.6. The zero-order valence-electron chi connectivity index (χ0n) is 71.9. The lowest BCUT2D eigenvalue weighted by atomic mass is 9.82. The third kappa shape index (κ3) is 13.1. The van der Waals surface area contributed by atoms with Gasteiger partial charge in [-0.15, -0.1) is 0 Å². The van der Waals surface area contributed by atoms with Gasteiger partial charge in [-0.25, -0.2) is 43.5 Å². The van der Waals surface area contributed by atoms with E-state index in [4.69, 9.17) is 49.5 Å². The van der Waals surface area contributed by atoms with Crippen molar-refractivity contribution < 1.29 is 72.9 Å². The number of aromatic hydroxyl groups is 1. The molecule has 1 aliphatic carbocycles. The fourth-order valence-electron chi connectivity index (χ4n) is 19.5. The number of aromatic nitrogens is 8. The van der Waals surface area contributed by atoms with E-state index in [1.807, 2.05) is 70.2 Å². The van der Waals surface area contributed by atoms with E-state index in [1.165, 1.54) is 11.6 Å². The van der Waals surface area contributed by atoms with Gasteiger partial charge >= 0.3 is 23.9 Å². The van der Waals surface area contributed by atoms with Gasteiger partial charge in [0.1, 0.15) is 43.6 Å². The first-order valence-electron chi connectivity index (χ1n) is 42.7. The molecule has 126 heavy (non-hydrogen) atoms. The number of para-hydroxylation sites is 2. The Morgan fingerprint density at radius 2 is 0.897 bits per heavy atom. The Labute approximate surface area is 721 Å². The number of esters is 4. The van der Waals surface area contributed by atoms with Crippen molar-refractivity contribution >= 4 is 81.8 Å². The molecule has 0 bridgehead atoms. The Morgan fingerprint density at radius 3 is 1.33 bits per heavy atom. The number of halogens is 1. The van der Waals surface area contributed by atoms with Crippen LogP contribution in [0.5, 0.6) is 5.75 Å². The number of nitrogens with zero attached hydrogens (tertiary/aromatic N) is 9. The average Bonchev–Trinajstić information content (AvgIpc) is 1.55. The summed E-state index contributed by atoms with van der Waals surface area (Å²) in [4.78, 5) is 128. The van der Waals surface area contributed by atoms with Gasteiger partial charge in [-0.05, 0) is 161 Å². The highest BCUT2D eigenvalue weighted by Gasteiger charge is 2.51. The lowest BCUT2D eigenvalue weighted by Gasteiger charge is -2.31. The fraction of sp³-hybridized carbons (Fsp3) is 0.365. The molecule has 4 aromatic carbocycles. The summed E-state index contributed by atoms with van der Waals surface area (Å²) in [7, 11) is -1.28. The van der Waals surface area contributed by atoms with E-state index in [0.717, 1.165) is 101 Å². The predicted octanol–water partition coefficient (Wildman–Crippen LogP) is 12.0. The number of nitrogens with two attached hydrogens (primary N) is 1. The number of fused-ring (bicyclic) bond motifs is 20. The van der Waals surface area contributed by atoms with E-state index in [-0.39, 0.29) is 110 Å². The molecule has 648 valence electrons. The van der Waals surface area contributed by atoms with Crippen LogP contribution in [0.3, 0.4) is 0 Å². The van der Waals surface area contributed by atoms with Gasteiger partial charge < -0.3 is 73.3 Å². The summed E-state index contributed by atoms with van der Waals surface area (Å²) >= 11 is 0. The van der Waals surface area contributed by atoms with E-state index in [1.54, 1.807) is 102 Å². The van der Waals surface area contributed by atoms with Gasteiger partial charge in [0.05, 0.1) is 122 Å². The van der Waals surface area contributed by atoms with Gasteiger partial charge in [0.25, 0.3) is 22.2 Å². The third-order valence-electron chi connectivity index (χ3n) is 26.6. The summed E-state index contributed by atoms with van der Waals surface area (Å²) in [6.07, 6.45) is 5.12. The van der Waals surface area contributed by atoms with Crippen LogP contribution in [0.15, 0.2) is 121 Å². The van der Waals surface area contributed by atoms with Crippen LogP contribution in [0, 0.1) is 12.7 Å². The maximum Gasteiger partial charge on any atom is 0.343 e. The number of rotatable bonds is 10. The molecule has 0 fully saturated rings. The van der Waals surface area contributed by atoms with Gasteiger partial charge in [0.2, 0.25) is 0 Å². The topological polar surface area (TPSA) is 394 Å². The zero-order chi connectivity index (χ0) is 89.4. The highest BCUT2D eigenvalue weighted by molar-refractivity contribution is 6.76. The van der Waals surface area contributed by atoms with E-state index in [0.29, 0.717) is 123 Å². The number of phenols is 1. The second kappa shape index (κ2) is 30.4. The molecule has 16 heterocycles. The molecule has 8 aliphatic heterocycles. The first kappa shape index (κ1) is 84.3. The lowest BCUT2D eigenvalue weighted by Crippen LogP contribution is -2.44. The third-order valence-corrected chi connectivity index (χ3v) is 28.3. The van der Waals surface area contributed by atoms with Crippen molar-refractivity contribution in [1.29, 1.82) is 0 Å². The predicted molar refractivity (Wildman–Crippen MR) is 469 cm³/mol. The minimum absolute atomic E-state index is 0.0731. The lowest BCUT2D eigenvalue weighted by molar-refractivity contribution is -0.172. The van der Waals surface area contributed by atoms with Crippen LogP contribution >= 0.6 is 0 Å². The Morgan fingerprint density at radius 1 is 0.508 bits per heavy atom. The van der Waals surface area contributed by atoms with Crippen LogP contribution in [0.1, 0.15) is 194 Å². The highest BCUT2D eigenvalue weighted by atomic mass is 28.3. The number of aliphatic hydroxyl groups is 4. The Bertz CT molecular complexity index is 7140. The number of pyridine rings is 8. The zero-order valence-corrected chi connectivity index (χ0v) is 72.9. The Balaban J connectivity index is 0.000000114. The minimum atomic E-state index is -1.89. The number of aryl methyl sites for hydroxylation is 3. The number of hydrogen-bond donors (Lipinski definition) is 6. The molecule has 0 saturated heterocycles. The molecule has 7 N–H and O–H groups in total. The number of cyclic esters (lactones) is 4. The molecule has 0 spiro atoms. The van der Waals surface area contributed by atoms with Crippen LogP contribution in [-0.2, 0) is 137 Å². The van der Waals surface area contributed by atoms with Crippen LogP contribution in [-0.4, -0.2) is 108 Å². The van der Waals surface area contributed by atoms with E-state index >= 15 is 0 Å². The van der Waals surface area contributed by atoms with Gasteiger partial charge in [0, 0.05) is 91.8 Å². The van der Waals surface area contributed by atoms with Gasteiger partial charge in [-0.3, -0.25) is 19.2 Å². The molecule has 9 aliphatic rings. The number of benzene rings is 4. The number of hydrogen-bond acceptors (Lipinski definition) is 24. The number of carbonyl (C=O) groups is 4. The molecule has 8 aromatic heterocycles. The van der Waals surface area contributed by atoms with Crippen LogP contribution in [0.2, 0.25) is 25.7 Å². The van der Waals surface area contributed by atoms with Crippen molar-refractivity contribution in [2.24, 2.45) is 10.9 Å². The number of phenolic OH excluding ortho intramolecular Hbond substituents is 1. The maximum atomic E-state index is 14.7. The van der Waals surface area contributed by atoms with Gasteiger partial charge in [0.15, 0.2) is 22.4 Å². The first-order valence-corrected chi connectivity index (χ1v) is 46.4. The van der Waals surface area contributed by atoms with Crippen LogP contribution < -0.4 is 28.0 Å². The second-order valence-electron chi connectivity index (χ2n) is 36.0. The quantitative estimate of drug-likeness (QED) is 0.0243. The average molecular weight is 1720 g/mol. The highest BCUT2D eigenvalue weighted by Crippen LogP contribution is 2.49. The first-order chi connectivity index (χ1) is 59.9. The Kier molecular flexibility index (Phi) is 20.3. The molecule has 0 amide bonds. The standard InChI is InChI=1S/C25H25N3O5.C25H28N2O4Si.C24H22FN3O4.C22H20N2O5/c1-5-25(31)18-10-20-21-16(12-28(20)22(29)17(18)13-32-23(25)30)15(11-26-33-24(2,3)4)14-8-6-7-9-19(14)27-21;1-5-25(30)19-12-21-22-17(13-27(21)23(28)18(19)14-31-24(25)29)15(10-11-32(2,3)4)16-8-6-7-9-20(16)26-22;1-3-24(31)14-6-18-21-12(8-28(18)22(29)13(14)9-32-23(24)30)19-16(26)5-4-11-10(2)15(25)7-17(27-21)20(11)19;1-3-12-13-7-11(25)5-6-17(13)23-19-14(12)9-24-18(19)8-16-15(20(24)26)10-29-21(27)22(16,28)4-2/h6-11,31H,5,12-13H2,1-4H3;6-9,12,30H,5,10-11,13-14H2,1-4H3;6-7,16,31H,3-5,8-9,26H2,1-2H3;5-8,25,28H,3-4,9-10H2,1-2H3/b26-11+;;;/t2*25-;16-,24-;22-/m0000/s1. The molecule has 5 atom stereocenters. The summed E-state index contributed by atoms with van der Waals surface area (Å²) < 4.78 is 41.8. The van der Waals surface area contributed by atoms with Crippen molar-refractivity contribution in [2.75, 3.05) is 0 Å². The minimum Gasteiger partial charge on any atom is -0.508 e. The van der Waals surface area contributed by atoms with E-state index in [9.17, 15) is 68.3 Å². The van der Waals surface area contributed by atoms with Crippen molar-refractivity contribution in [1.82, 2.24) is 38.2 Å². The summed E-state index contributed by atoms with van der Waals surface area (Å²) in [6, 6.07) is 30.0. The molecule has 12 aromatic rings. The molecule has 28 nitrogen and oxygen atoms in total. The summed E-state index contributed by atoms with van der Waals surface area (Å²) in [5.41, 5.74) is 17.2. The maximum absolute atomic E-state index is 14.7. The number of oxime groups is 1. The second-order valence-corrected chi connectivity index (χ2v) is 41.7. The van der Waals surface area contributed by atoms with Crippen molar-refractivity contribution in [3.8, 4) is 51.3 Å². The summed E-state index contributed by atoms with van der Waals surface area (Å²) in [6.45, 7) is 24.2. The van der Waals surface area contributed by atoms with Crippen molar-refractivity contribution in [3.05, 3.63) is 244 Å². The van der Waals surface area contributed by atoms with Gasteiger partial charge in [-0.1, -0.05) is 102 Å². The monoisotopic (exact) mass is 1720 g/mol. The van der Waals surface area contributed by atoms with Gasteiger partial charge in [-0.2, -0.15) is 0 Å². The molecule has 0 radical (unpaired) electrons. The number of ether oxygens (including phenoxy) is 4. The summed E-state index contributed by atoms with van der Waals surface area (Å²) in [5.74, 6) is -3.07. The largest absolute Gasteiger partial charge is 0.508 e. The van der Waals surface area contributed by atoms with Crippen LogP contribution in [0.4, 0.5) is 4.39 Å².